The highest BCUT2D eigenvalue weighted by molar-refractivity contribution is 6.29. The zero-order valence-electron chi connectivity index (χ0n) is 12.8. The van der Waals surface area contributed by atoms with Gasteiger partial charge in [-0.2, -0.15) is 0 Å². The number of pyridine rings is 1. The third-order valence-electron chi connectivity index (χ3n) is 3.68. The van der Waals surface area contributed by atoms with Gasteiger partial charge in [-0.05, 0) is 37.8 Å². The van der Waals surface area contributed by atoms with Gasteiger partial charge in [0.1, 0.15) is 5.15 Å². The van der Waals surface area contributed by atoms with E-state index in [0.717, 1.165) is 44.5 Å². The molecule has 4 nitrogen and oxygen atoms in total. The zero-order valence-corrected chi connectivity index (χ0v) is 13.5. The molecule has 0 radical (unpaired) electrons. The number of likely N-dealkylation sites (tertiary alicyclic amines) is 1. The Hall–Kier alpha value is -1.13. The number of rotatable bonds is 5. The molecule has 0 spiro atoms. The van der Waals surface area contributed by atoms with Gasteiger partial charge in [-0.3, -0.25) is 4.79 Å². The SMILES string of the molecule is CCCOC1CCCN(C(=O)c2cc(Cl)nc(CC)c2)C1. The van der Waals surface area contributed by atoms with Crippen molar-refractivity contribution in [3.8, 4) is 0 Å². The van der Waals surface area contributed by atoms with Crippen LogP contribution in [0.2, 0.25) is 5.15 Å². The summed E-state index contributed by atoms with van der Waals surface area (Å²) in [6.07, 6.45) is 3.94. The minimum Gasteiger partial charge on any atom is -0.376 e. The normalized spacial score (nSPS) is 18.8. The lowest BCUT2D eigenvalue weighted by Gasteiger charge is -2.32. The molecule has 1 unspecified atom stereocenters. The number of nitrogens with zero attached hydrogens (tertiary/aromatic N) is 2. The molecule has 1 aliphatic heterocycles. The Labute approximate surface area is 131 Å². The summed E-state index contributed by atoms with van der Waals surface area (Å²) in [4.78, 5) is 18.7. The van der Waals surface area contributed by atoms with Crippen molar-refractivity contribution in [2.24, 2.45) is 0 Å². The fourth-order valence-corrected chi connectivity index (χ4v) is 2.81. The molecule has 1 aromatic heterocycles. The van der Waals surface area contributed by atoms with E-state index in [-0.39, 0.29) is 12.0 Å². The Balaban J connectivity index is 2.06. The van der Waals surface area contributed by atoms with Crippen molar-refractivity contribution < 1.29 is 9.53 Å². The molecule has 116 valence electrons. The highest BCUT2D eigenvalue weighted by Crippen LogP contribution is 2.18. The maximum Gasteiger partial charge on any atom is 0.254 e. The van der Waals surface area contributed by atoms with Crippen LogP contribution >= 0.6 is 11.6 Å². The lowest BCUT2D eigenvalue weighted by molar-refractivity contribution is 0.00210. The number of aryl methyl sites for hydroxylation is 1. The third kappa shape index (κ3) is 4.42. The highest BCUT2D eigenvalue weighted by Gasteiger charge is 2.25. The lowest BCUT2D eigenvalue weighted by Crippen LogP contribution is -2.43. The number of aromatic nitrogens is 1. The smallest absolute Gasteiger partial charge is 0.254 e. The van der Waals surface area contributed by atoms with Gasteiger partial charge in [0, 0.05) is 31.0 Å². The number of carbonyl (C=O) groups is 1. The number of ether oxygens (including phenoxy) is 1. The maximum atomic E-state index is 12.6. The average molecular weight is 311 g/mol. The van der Waals surface area contributed by atoms with E-state index in [9.17, 15) is 4.79 Å². The van der Waals surface area contributed by atoms with Crippen LogP contribution in [-0.4, -0.2) is 41.6 Å². The molecule has 0 aliphatic carbocycles. The molecule has 5 heteroatoms. The fraction of sp³-hybridized carbons (Fsp3) is 0.625. The third-order valence-corrected chi connectivity index (χ3v) is 3.87. The van der Waals surface area contributed by atoms with E-state index < -0.39 is 0 Å². The Bertz CT molecular complexity index is 493. The summed E-state index contributed by atoms with van der Waals surface area (Å²) in [6.45, 7) is 6.31. The molecule has 0 N–H and O–H groups in total. The minimum atomic E-state index is 0.0267. The average Bonchev–Trinajstić information content (AvgIpc) is 2.51. The van der Waals surface area contributed by atoms with Crippen LogP contribution in [0.15, 0.2) is 12.1 Å². The number of amides is 1. The van der Waals surface area contributed by atoms with Gasteiger partial charge in [-0.15, -0.1) is 0 Å². The molecule has 1 amide bonds. The van der Waals surface area contributed by atoms with Gasteiger partial charge in [0.25, 0.3) is 5.91 Å². The largest absolute Gasteiger partial charge is 0.376 e. The Morgan fingerprint density at radius 3 is 3.00 bits per heavy atom. The van der Waals surface area contributed by atoms with Gasteiger partial charge in [-0.1, -0.05) is 25.4 Å². The first-order valence-corrected chi connectivity index (χ1v) is 8.09. The van der Waals surface area contributed by atoms with Crippen LogP contribution < -0.4 is 0 Å². The van der Waals surface area contributed by atoms with Crippen LogP contribution in [0, 0.1) is 0 Å². The number of halogens is 1. The lowest BCUT2D eigenvalue weighted by atomic mass is 10.1. The Morgan fingerprint density at radius 1 is 1.48 bits per heavy atom. The first-order valence-electron chi connectivity index (χ1n) is 7.71. The van der Waals surface area contributed by atoms with Gasteiger partial charge < -0.3 is 9.64 Å². The second-order valence-corrected chi connectivity index (χ2v) is 5.80. The fourth-order valence-electron chi connectivity index (χ4n) is 2.58. The van der Waals surface area contributed by atoms with E-state index in [4.69, 9.17) is 16.3 Å². The van der Waals surface area contributed by atoms with Gasteiger partial charge in [0.2, 0.25) is 0 Å². The van der Waals surface area contributed by atoms with Crippen molar-refractivity contribution in [2.45, 2.75) is 45.6 Å². The zero-order chi connectivity index (χ0) is 15.2. The van der Waals surface area contributed by atoms with Crippen molar-refractivity contribution in [3.05, 3.63) is 28.5 Å². The van der Waals surface area contributed by atoms with Crippen LogP contribution in [0.3, 0.4) is 0 Å². The van der Waals surface area contributed by atoms with Gasteiger partial charge >= 0.3 is 0 Å². The summed E-state index contributed by atoms with van der Waals surface area (Å²) >= 11 is 6.00. The summed E-state index contributed by atoms with van der Waals surface area (Å²) in [5.41, 5.74) is 1.48. The molecular formula is C16H23ClN2O2. The molecule has 2 heterocycles. The predicted molar refractivity (Wildman–Crippen MR) is 83.8 cm³/mol. The van der Waals surface area contributed by atoms with E-state index in [1.807, 2.05) is 17.9 Å². The Kier molecular flexibility index (Phi) is 6.00. The summed E-state index contributed by atoms with van der Waals surface area (Å²) < 4.78 is 5.78. The molecule has 21 heavy (non-hydrogen) atoms. The van der Waals surface area contributed by atoms with Crippen LogP contribution in [0.4, 0.5) is 0 Å². The number of hydrogen-bond donors (Lipinski definition) is 0. The molecule has 0 aromatic carbocycles. The summed E-state index contributed by atoms with van der Waals surface area (Å²) in [7, 11) is 0. The van der Waals surface area contributed by atoms with Crippen LogP contribution in [0.25, 0.3) is 0 Å². The van der Waals surface area contributed by atoms with Crippen molar-refractivity contribution in [2.75, 3.05) is 19.7 Å². The standard InChI is InChI=1S/C16H23ClN2O2/c1-3-8-21-14-6-5-7-19(11-14)16(20)12-9-13(4-2)18-15(17)10-12/h9-10,14H,3-8,11H2,1-2H3. The molecule has 1 atom stereocenters. The topological polar surface area (TPSA) is 42.4 Å². The van der Waals surface area contributed by atoms with E-state index >= 15 is 0 Å². The first-order chi connectivity index (χ1) is 10.1. The van der Waals surface area contributed by atoms with Crippen molar-refractivity contribution in [1.82, 2.24) is 9.88 Å². The van der Waals surface area contributed by atoms with E-state index in [2.05, 4.69) is 11.9 Å². The second kappa shape index (κ2) is 7.76. The predicted octanol–water partition coefficient (Wildman–Crippen LogP) is 3.33. The van der Waals surface area contributed by atoms with E-state index in [1.54, 1.807) is 6.07 Å². The van der Waals surface area contributed by atoms with E-state index in [1.165, 1.54) is 0 Å². The highest BCUT2D eigenvalue weighted by atomic mass is 35.5. The molecule has 0 bridgehead atoms. The van der Waals surface area contributed by atoms with Gasteiger partial charge in [0.05, 0.1) is 6.10 Å². The van der Waals surface area contributed by atoms with Crippen LogP contribution in [0.1, 0.15) is 49.2 Å². The van der Waals surface area contributed by atoms with E-state index in [0.29, 0.717) is 17.3 Å². The van der Waals surface area contributed by atoms with Crippen molar-refractivity contribution in [1.29, 1.82) is 0 Å². The molecule has 0 saturated carbocycles. The summed E-state index contributed by atoms with van der Waals surface area (Å²) in [5, 5.41) is 0.383. The Morgan fingerprint density at radius 2 is 2.29 bits per heavy atom. The maximum absolute atomic E-state index is 12.6. The van der Waals surface area contributed by atoms with Crippen molar-refractivity contribution >= 4 is 17.5 Å². The van der Waals surface area contributed by atoms with Crippen molar-refractivity contribution in [3.63, 3.8) is 0 Å². The molecular weight excluding hydrogens is 288 g/mol. The first kappa shape index (κ1) is 16.2. The van der Waals surface area contributed by atoms with Crippen LogP contribution in [-0.2, 0) is 11.2 Å². The number of piperidine rings is 1. The minimum absolute atomic E-state index is 0.0267. The molecule has 1 aliphatic rings. The monoisotopic (exact) mass is 310 g/mol. The molecule has 2 rings (SSSR count). The van der Waals surface area contributed by atoms with Crippen LogP contribution in [0.5, 0.6) is 0 Å². The summed E-state index contributed by atoms with van der Waals surface area (Å²) in [6, 6.07) is 3.49. The van der Waals surface area contributed by atoms with Gasteiger partial charge in [-0.25, -0.2) is 4.98 Å². The number of carbonyl (C=O) groups excluding carboxylic acids is 1. The van der Waals surface area contributed by atoms with Gasteiger partial charge in [0.15, 0.2) is 0 Å². The summed E-state index contributed by atoms with van der Waals surface area (Å²) in [5.74, 6) is 0.0267. The second-order valence-electron chi connectivity index (χ2n) is 5.41. The quantitative estimate of drug-likeness (QED) is 0.783. The molecule has 1 aromatic rings. The molecule has 1 fully saturated rings. The number of hydrogen-bond acceptors (Lipinski definition) is 3. The molecule has 1 saturated heterocycles.